The third kappa shape index (κ3) is 4.27. The van der Waals surface area contributed by atoms with Gasteiger partial charge in [-0.1, -0.05) is 0 Å². The van der Waals surface area contributed by atoms with Crippen LogP contribution in [0.5, 0.6) is 0 Å². The van der Waals surface area contributed by atoms with Gasteiger partial charge in [0.05, 0.1) is 19.8 Å². The molecule has 0 aliphatic carbocycles. The summed E-state index contributed by atoms with van der Waals surface area (Å²) in [7, 11) is 1.29. The molecule has 5 heteroatoms. The lowest BCUT2D eigenvalue weighted by atomic mass is 10.3. The molecule has 0 fully saturated rings. The average Bonchev–Trinajstić information content (AvgIpc) is 2.11. The van der Waals surface area contributed by atoms with Gasteiger partial charge in [-0.15, -0.1) is 0 Å². The maximum Gasteiger partial charge on any atom is 0.322 e. The van der Waals surface area contributed by atoms with Gasteiger partial charge < -0.3 is 20.3 Å². The molecule has 0 aromatic heterocycles. The maximum atomic E-state index is 10.8. The molecule has 0 aromatic rings. The lowest BCUT2D eigenvalue weighted by Gasteiger charge is -2.13. The number of hydrogen-bond acceptors (Lipinski definition) is 5. The highest BCUT2D eigenvalue weighted by Gasteiger charge is 2.13. The molecule has 0 amide bonds. The summed E-state index contributed by atoms with van der Waals surface area (Å²) in [6.45, 7) is 1.48. The Morgan fingerprint density at radius 2 is 2.25 bits per heavy atom. The summed E-state index contributed by atoms with van der Waals surface area (Å²) >= 11 is 0. The topological polar surface area (TPSA) is 78.8 Å². The second-order valence-electron chi connectivity index (χ2n) is 2.49. The van der Waals surface area contributed by atoms with Crippen molar-refractivity contribution in [2.45, 2.75) is 19.1 Å². The van der Waals surface area contributed by atoms with Gasteiger partial charge in [-0.05, 0) is 6.92 Å². The van der Waals surface area contributed by atoms with Gasteiger partial charge in [0.2, 0.25) is 0 Å². The third-order valence-corrected chi connectivity index (χ3v) is 1.43. The molecular formula is C7H15NO4. The molecule has 3 N–H and O–H groups in total. The van der Waals surface area contributed by atoms with Crippen molar-refractivity contribution < 1.29 is 19.7 Å². The molecule has 72 valence electrons. The van der Waals surface area contributed by atoms with Crippen molar-refractivity contribution in [1.29, 1.82) is 0 Å². The van der Waals surface area contributed by atoms with E-state index in [-0.39, 0.29) is 19.1 Å². The van der Waals surface area contributed by atoms with Gasteiger partial charge in [0, 0.05) is 6.54 Å². The van der Waals surface area contributed by atoms with Crippen LogP contribution in [0.25, 0.3) is 0 Å². The molecule has 0 bridgehead atoms. The summed E-state index contributed by atoms with van der Waals surface area (Å²) in [5, 5.41) is 20.0. The number of aliphatic hydroxyl groups excluding tert-OH is 2. The van der Waals surface area contributed by atoms with Gasteiger partial charge in [-0.3, -0.25) is 4.79 Å². The molecule has 0 saturated heterocycles. The molecule has 0 radical (unpaired) electrons. The summed E-state index contributed by atoms with van der Waals surface area (Å²) in [6, 6.07) is -0.462. The van der Waals surface area contributed by atoms with Crippen LogP contribution < -0.4 is 5.32 Å². The SMILES string of the molecule is COC(=O)C(C)NCC(O)CO. The second kappa shape index (κ2) is 5.93. The summed E-state index contributed by atoms with van der Waals surface area (Å²) in [6.07, 6.45) is -0.836. The van der Waals surface area contributed by atoms with Crippen LogP contribution >= 0.6 is 0 Å². The van der Waals surface area contributed by atoms with Crippen molar-refractivity contribution in [2.24, 2.45) is 0 Å². The highest BCUT2D eigenvalue weighted by Crippen LogP contribution is 1.86. The molecule has 0 aliphatic heterocycles. The van der Waals surface area contributed by atoms with Crippen LogP contribution in [0.4, 0.5) is 0 Å². The smallest absolute Gasteiger partial charge is 0.322 e. The fraction of sp³-hybridized carbons (Fsp3) is 0.857. The summed E-state index contributed by atoms with van der Waals surface area (Å²) in [5.74, 6) is -0.389. The highest BCUT2D eigenvalue weighted by molar-refractivity contribution is 5.75. The molecule has 0 heterocycles. The van der Waals surface area contributed by atoms with Gasteiger partial charge in [0.1, 0.15) is 6.04 Å². The fourth-order valence-electron chi connectivity index (χ4n) is 0.637. The molecule has 12 heavy (non-hydrogen) atoms. The third-order valence-electron chi connectivity index (χ3n) is 1.43. The normalized spacial score (nSPS) is 15.3. The van der Waals surface area contributed by atoms with Crippen LogP contribution in [0.3, 0.4) is 0 Å². The first kappa shape index (κ1) is 11.4. The van der Waals surface area contributed by atoms with Gasteiger partial charge in [-0.25, -0.2) is 0 Å². The molecule has 0 saturated carbocycles. The van der Waals surface area contributed by atoms with E-state index in [9.17, 15) is 4.79 Å². The van der Waals surface area contributed by atoms with E-state index in [0.29, 0.717) is 0 Å². The number of rotatable bonds is 5. The number of nitrogens with one attached hydrogen (secondary N) is 1. The molecule has 2 atom stereocenters. The number of carbonyl (C=O) groups excluding carboxylic acids is 1. The predicted octanol–water partition coefficient (Wildman–Crippen LogP) is -1.51. The second-order valence-corrected chi connectivity index (χ2v) is 2.49. The first-order chi connectivity index (χ1) is 5.61. The van der Waals surface area contributed by atoms with Gasteiger partial charge in [-0.2, -0.15) is 0 Å². The maximum absolute atomic E-state index is 10.8. The zero-order chi connectivity index (χ0) is 9.56. The first-order valence-corrected chi connectivity index (χ1v) is 3.72. The van der Waals surface area contributed by atoms with Crippen molar-refractivity contribution in [3.63, 3.8) is 0 Å². The van der Waals surface area contributed by atoms with E-state index >= 15 is 0 Å². The van der Waals surface area contributed by atoms with E-state index in [1.807, 2.05) is 0 Å². The Labute approximate surface area is 71.3 Å². The molecular weight excluding hydrogens is 162 g/mol. The van der Waals surface area contributed by atoms with Crippen LogP contribution in [0.15, 0.2) is 0 Å². The number of esters is 1. The molecule has 0 spiro atoms. The van der Waals surface area contributed by atoms with Crippen molar-refractivity contribution in [1.82, 2.24) is 5.32 Å². The lowest BCUT2D eigenvalue weighted by molar-refractivity contribution is -0.142. The molecule has 0 aromatic carbocycles. The number of aliphatic hydroxyl groups is 2. The Bertz CT molecular complexity index is 139. The van der Waals surface area contributed by atoms with E-state index < -0.39 is 12.1 Å². The van der Waals surface area contributed by atoms with Crippen LogP contribution in [-0.4, -0.2) is 48.6 Å². The van der Waals surface area contributed by atoms with E-state index in [1.165, 1.54) is 7.11 Å². The fourth-order valence-corrected chi connectivity index (χ4v) is 0.637. The number of hydrogen-bond donors (Lipinski definition) is 3. The van der Waals surface area contributed by atoms with Crippen molar-refractivity contribution in [2.75, 3.05) is 20.3 Å². The quantitative estimate of drug-likeness (QED) is 0.445. The lowest BCUT2D eigenvalue weighted by Crippen LogP contribution is -2.40. The Hall–Kier alpha value is -0.650. The zero-order valence-electron chi connectivity index (χ0n) is 7.28. The molecule has 2 unspecified atom stereocenters. The zero-order valence-corrected chi connectivity index (χ0v) is 7.28. The standard InChI is InChI=1S/C7H15NO4/c1-5(7(11)12-2)8-3-6(10)4-9/h5-6,8-10H,3-4H2,1-2H3. The molecule has 0 aliphatic rings. The Morgan fingerprint density at radius 1 is 1.67 bits per heavy atom. The van der Waals surface area contributed by atoms with E-state index in [4.69, 9.17) is 10.2 Å². The van der Waals surface area contributed by atoms with Gasteiger partial charge in [0.25, 0.3) is 0 Å². The number of carbonyl (C=O) groups is 1. The predicted molar refractivity (Wildman–Crippen MR) is 42.6 cm³/mol. The van der Waals surface area contributed by atoms with Crippen LogP contribution in [-0.2, 0) is 9.53 Å². The Kier molecular flexibility index (Phi) is 5.61. The Morgan fingerprint density at radius 3 is 2.67 bits per heavy atom. The van der Waals surface area contributed by atoms with Gasteiger partial charge >= 0.3 is 5.97 Å². The van der Waals surface area contributed by atoms with Gasteiger partial charge in [0.15, 0.2) is 0 Å². The highest BCUT2D eigenvalue weighted by atomic mass is 16.5. The van der Waals surface area contributed by atoms with E-state index in [2.05, 4.69) is 10.1 Å². The van der Waals surface area contributed by atoms with Crippen molar-refractivity contribution >= 4 is 5.97 Å². The molecule has 0 rings (SSSR count). The monoisotopic (exact) mass is 177 g/mol. The average molecular weight is 177 g/mol. The minimum atomic E-state index is -0.836. The summed E-state index contributed by atoms with van der Waals surface area (Å²) in [5.41, 5.74) is 0. The molecule has 5 nitrogen and oxygen atoms in total. The van der Waals surface area contributed by atoms with Crippen LogP contribution in [0, 0.1) is 0 Å². The minimum Gasteiger partial charge on any atom is -0.468 e. The van der Waals surface area contributed by atoms with Crippen molar-refractivity contribution in [3.8, 4) is 0 Å². The van der Waals surface area contributed by atoms with E-state index in [0.717, 1.165) is 0 Å². The number of ether oxygens (including phenoxy) is 1. The van der Waals surface area contributed by atoms with E-state index in [1.54, 1.807) is 6.92 Å². The first-order valence-electron chi connectivity index (χ1n) is 3.72. The summed E-state index contributed by atoms with van der Waals surface area (Å²) in [4.78, 5) is 10.8. The summed E-state index contributed by atoms with van der Waals surface area (Å²) < 4.78 is 4.43. The minimum absolute atomic E-state index is 0.173. The van der Waals surface area contributed by atoms with Crippen molar-refractivity contribution in [3.05, 3.63) is 0 Å². The largest absolute Gasteiger partial charge is 0.468 e. The van der Waals surface area contributed by atoms with Crippen LogP contribution in [0.1, 0.15) is 6.92 Å². The van der Waals surface area contributed by atoms with Crippen LogP contribution in [0.2, 0.25) is 0 Å². The number of methoxy groups -OCH3 is 1. The Balaban J connectivity index is 3.56.